The quantitative estimate of drug-likeness (QED) is 0.720. The Bertz CT molecular complexity index is 380. The van der Waals surface area contributed by atoms with E-state index in [2.05, 4.69) is 11.9 Å². The van der Waals surface area contributed by atoms with Crippen molar-refractivity contribution in [3.8, 4) is 5.75 Å². The Hall–Kier alpha value is -1.42. The zero-order valence-electron chi connectivity index (χ0n) is 11.2. The highest BCUT2D eigenvalue weighted by atomic mass is 16.5. The van der Waals surface area contributed by atoms with Crippen molar-refractivity contribution < 1.29 is 9.53 Å². The van der Waals surface area contributed by atoms with Crippen molar-refractivity contribution in [2.24, 2.45) is 11.7 Å². The van der Waals surface area contributed by atoms with Gasteiger partial charge in [0.2, 0.25) is 0 Å². The molecule has 1 rings (SSSR count). The molecule has 0 bridgehead atoms. The average Bonchev–Trinajstić information content (AvgIpc) is 2.43. The van der Waals surface area contributed by atoms with Gasteiger partial charge < -0.3 is 10.5 Å². The highest BCUT2D eigenvalue weighted by Gasteiger charge is 2.11. The van der Waals surface area contributed by atoms with Crippen LogP contribution < -0.4 is 10.5 Å². The molecule has 0 spiro atoms. The number of hydrogen-bond acceptors (Lipinski definition) is 4. The average molecular weight is 250 g/mol. The maximum atomic E-state index is 12.0. The summed E-state index contributed by atoms with van der Waals surface area (Å²) in [6.45, 7) is 2.82. The number of hydrogen-bond donors (Lipinski definition) is 1. The van der Waals surface area contributed by atoms with E-state index in [1.54, 1.807) is 25.6 Å². The van der Waals surface area contributed by atoms with Crippen LogP contribution in [0.3, 0.4) is 0 Å². The number of ether oxygens (including phenoxy) is 1. The first-order valence-corrected chi connectivity index (χ1v) is 6.43. The molecule has 0 radical (unpaired) electrons. The Morgan fingerprint density at radius 3 is 2.83 bits per heavy atom. The molecule has 0 amide bonds. The van der Waals surface area contributed by atoms with Crippen LogP contribution in [0.15, 0.2) is 18.5 Å². The van der Waals surface area contributed by atoms with Crippen LogP contribution >= 0.6 is 0 Å². The van der Waals surface area contributed by atoms with E-state index < -0.39 is 0 Å². The maximum Gasteiger partial charge on any atom is 0.164 e. The molecule has 100 valence electrons. The number of ketones is 1. The number of pyridine rings is 1. The summed E-state index contributed by atoms with van der Waals surface area (Å²) < 4.78 is 5.06. The van der Waals surface area contributed by atoms with E-state index in [0.29, 0.717) is 30.2 Å². The molecule has 0 aliphatic carbocycles. The molecule has 4 heteroatoms. The standard InChI is InChI=1S/C14H22N2O2/c1-3-11(6-7-15)4-5-14(17)12-8-13(18-2)10-16-9-12/h8-11H,3-7,15H2,1-2H3. The van der Waals surface area contributed by atoms with Gasteiger partial charge >= 0.3 is 0 Å². The van der Waals surface area contributed by atoms with E-state index in [1.165, 1.54) is 0 Å². The summed E-state index contributed by atoms with van der Waals surface area (Å²) in [6, 6.07) is 1.74. The lowest BCUT2D eigenvalue weighted by atomic mass is 9.94. The van der Waals surface area contributed by atoms with Crippen LogP contribution in [0.1, 0.15) is 43.0 Å². The van der Waals surface area contributed by atoms with Gasteiger partial charge in [-0.1, -0.05) is 13.3 Å². The monoisotopic (exact) mass is 250 g/mol. The van der Waals surface area contributed by atoms with Crippen LogP contribution in [-0.2, 0) is 0 Å². The molecular formula is C14H22N2O2. The van der Waals surface area contributed by atoms with Crippen LogP contribution in [0.5, 0.6) is 5.75 Å². The SMILES string of the molecule is CCC(CCN)CCC(=O)c1cncc(OC)c1. The number of Topliss-reactive ketones (excluding diaryl/α,β-unsaturated/α-hetero) is 1. The summed E-state index contributed by atoms with van der Waals surface area (Å²) in [5, 5.41) is 0. The fraction of sp³-hybridized carbons (Fsp3) is 0.571. The fourth-order valence-electron chi connectivity index (χ4n) is 1.95. The fourth-order valence-corrected chi connectivity index (χ4v) is 1.95. The van der Waals surface area contributed by atoms with Crippen molar-refractivity contribution in [1.82, 2.24) is 4.98 Å². The Balaban J connectivity index is 2.53. The molecule has 0 saturated carbocycles. The first kappa shape index (κ1) is 14.6. The minimum Gasteiger partial charge on any atom is -0.495 e. The summed E-state index contributed by atoms with van der Waals surface area (Å²) >= 11 is 0. The smallest absolute Gasteiger partial charge is 0.164 e. The highest BCUT2D eigenvalue weighted by molar-refractivity contribution is 5.96. The number of methoxy groups -OCH3 is 1. The normalized spacial score (nSPS) is 12.2. The first-order chi connectivity index (χ1) is 8.71. The largest absolute Gasteiger partial charge is 0.495 e. The van der Waals surface area contributed by atoms with Gasteiger partial charge in [-0.25, -0.2) is 0 Å². The summed E-state index contributed by atoms with van der Waals surface area (Å²) in [6.07, 6.45) is 6.69. The number of nitrogens with two attached hydrogens (primary N) is 1. The van der Waals surface area contributed by atoms with Crippen LogP contribution in [-0.4, -0.2) is 24.4 Å². The third-order valence-electron chi connectivity index (χ3n) is 3.20. The molecule has 1 aromatic rings. The van der Waals surface area contributed by atoms with Crippen molar-refractivity contribution in [2.45, 2.75) is 32.6 Å². The van der Waals surface area contributed by atoms with Gasteiger partial charge in [-0.3, -0.25) is 9.78 Å². The molecule has 1 atom stereocenters. The molecule has 0 aliphatic heterocycles. The number of carbonyl (C=O) groups excluding carboxylic acids is 1. The lowest BCUT2D eigenvalue weighted by molar-refractivity contribution is 0.0972. The molecule has 1 aromatic heterocycles. The van der Waals surface area contributed by atoms with Gasteiger partial charge in [-0.05, 0) is 31.4 Å². The molecule has 1 heterocycles. The predicted molar refractivity (Wildman–Crippen MR) is 71.8 cm³/mol. The number of nitrogens with zero attached hydrogens (tertiary/aromatic N) is 1. The van der Waals surface area contributed by atoms with Crippen molar-refractivity contribution >= 4 is 5.78 Å². The van der Waals surface area contributed by atoms with E-state index in [-0.39, 0.29) is 5.78 Å². The molecule has 0 fully saturated rings. The molecule has 4 nitrogen and oxygen atoms in total. The molecule has 18 heavy (non-hydrogen) atoms. The summed E-state index contributed by atoms with van der Waals surface area (Å²) in [7, 11) is 1.57. The van der Waals surface area contributed by atoms with Gasteiger partial charge in [0.1, 0.15) is 5.75 Å². The Morgan fingerprint density at radius 2 is 2.22 bits per heavy atom. The number of aromatic nitrogens is 1. The van der Waals surface area contributed by atoms with Crippen LogP contribution in [0.4, 0.5) is 0 Å². The molecule has 2 N–H and O–H groups in total. The Morgan fingerprint density at radius 1 is 1.44 bits per heavy atom. The second-order valence-electron chi connectivity index (χ2n) is 4.43. The lowest BCUT2D eigenvalue weighted by Crippen LogP contribution is -2.10. The van der Waals surface area contributed by atoms with Gasteiger partial charge in [0, 0.05) is 18.2 Å². The minimum absolute atomic E-state index is 0.122. The molecular weight excluding hydrogens is 228 g/mol. The zero-order valence-corrected chi connectivity index (χ0v) is 11.2. The van der Waals surface area contributed by atoms with Crippen molar-refractivity contribution in [1.29, 1.82) is 0 Å². The van der Waals surface area contributed by atoms with Gasteiger partial charge in [-0.2, -0.15) is 0 Å². The molecule has 0 aromatic carbocycles. The van der Waals surface area contributed by atoms with Crippen molar-refractivity contribution in [3.05, 3.63) is 24.0 Å². The minimum atomic E-state index is 0.122. The second-order valence-corrected chi connectivity index (χ2v) is 4.43. The Labute approximate surface area is 109 Å². The van der Waals surface area contributed by atoms with Gasteiger partial charge in [-0.15, -0.1) is 0 Å². The lowest BCUT2D eigenvalue weighted by Gasteiger charge is -2.12. The number of rotatable bonds is 8. The topological polar surface area (TPSA) is 65.2 Å². The third-order valence-corrected chi connectivity index (χ3v) is 3.20. The van der Waals surface area contributed by atoms with Crippen molar-refractivity contribution in [2.75, 3.05) is 13.7 Å². The van der Waals surface area contributed by atoms with E-state index >= 15 is 0 Å². The van der Waals surface area contributed by atoms with Crippen molar-refractivity contribution in [3.63, 3.8) is 0 Å². The van der Waals surface area contributed by atoms with E-state index in [1.807, 2.05) is 0 Å². The first-order valence-electron chi connectivity index (χ1n) is 6.43. The summed E-state index contributed by atoms with van der Waals surface area (Å²) in [5.74, 6) is 1.28. The molecule has 0 aliphatic rings. The summed E-state index contributed by atoms with van der Waals surface area (Å²) in [4.78, 5) is 16.0. The van der Waals surface area contributed by atoms with Crippen LogP contribution in [0, 0.1) is 5.92 Å². The van der Waals surface area contributed by atoms with Gasteiger partial charge in [0.25, 0.3) is 0 Å². The maximum absolute atomic E-state index is 12.0. The van der Waals surface area contributed by atoms with E-state index in [4.69, 9.17) is 10.5 Å². The predicted octanol–water partition coefficient (Wildman–Crippen LogP) is 2.43. The third kappa shape index (κ3) is 4.45. The number of carbonyl (C=O) groups is 1. The molecule has 1 unspecified atom stereocenters. The van der Waals surface area contributed by atoms with Crippen LogP contribution in [0.25, 0.3) is 0 Å². The van der Waals surface area contributed by atoms with E-state index in [0.717, 1.165) is 19.3 Å². The highest BCUT2D eigenvalue weighted by Crippen LogP contribution is 2.18. The van der Waals surface area contributed by atoms with Crippen LogP contribution in [0.2, 0.25) is 0 Å². The summed E-state index contributed by atoms with van der Waals surface area (Å²) in [5.41, 5.74) is 6.17. The Kier molecular flexibility index (Phi) is 6.36. The van der Waals surface area contributed by atoms with Gasteiger partial charge in [0.15, 0.2) is 5.78 Å². The van der Waals surface area contributed by atoms with Gasteiger partial charge in [0.05, 0.1) is 13.3 Å². The zero-order chi connectivity index (χ0) is 13.4. The molecule has 0 saturated heterocycles. The second kappa shape index (κ2) is 7.82. The van der Waals surface area contributed by atoms with E-state index in [9.17, 15) is 4.79 Å².